The molecule has 126 valence electrons. The van der Waals surface area contributed by atoms with Crippen LogP contribution in [0.2, 0.25) is 0 Å². The molecule has 1 N–H and O–H groups in total. The lowest BCUT2D eigenvalue weighted by molar-refractivity contribution is -0.00902. The van der Waals surface area contributed by atoms with Gasteiger partial charge >= 0.3 is 5.97 Å². The van der Waals surface area contributed by atoms with E-state index in [-0.39, 0.29) is 23.2 Å². The first-order chi connectivity index (χ1) is 11.6. The van der Waals surface area contributed by atoms with Gasteiger partial charge in [-0.2, -0.15) is 0 Å². The van der Waals surface area contributed by atoms with Crippen LogP contribution in [0.1, 0.15) is 45.3 Å². The van der Waals surface area contributed by atoms with Crippen molar-refractivity contribution in [2.45, 2.75) is 19.4 Å². The third-order valence-corrected chi connectivity index (χ3v) is 3.97. The van der Waals surface area contributed by atoms with E-state index in [4.69, 9.17) is 14.3 Å². The third kappa shape index (κ3) is 3.16. The highest BCUT2D eigenvalue weighted by Crippen LogP contribution is 2.27. The van der Waals surface area contributed by atoms with Gasteiger partial charge in [-0.15, -0.1) is 0 Å². The number of hydrogen-bond acceptors (Lipinski definition) is 5. The summed E-state index contributed by atoms with van der Waals surface area (Å²) in [4.78, 5) is 29.3. The Balaban J connectivity index is 1.88. The summed E-state index contributed by atoms with van der Waals surface area (Å²) in [5, 5.41) is 9.04. The van der Waals surface area contributed by atoms with Crippen LogP contribution in [0.5, 0.6) is 0 Å². The number of rotatable bonds is 4. The second-order valence-electron chi connectivity index (χ2n) is 5.48. The van der Waals surface area contributed by atoms with E-state index in [0.717, 1.165) is 12.2 Å². The number of nitrogens with zero attached hydrogens (tertiary/aromatic N) is 2. The minimum Gasteiger partial charge on any atom is -0.477 e. The lowest BCUT2D eigenvalue weighted by Gasteiger charge is -2.34. The monoisotopic (exact) mass is 330 g/mol. The predicted octanol–water partition coefficient (Wildman–Crippen LogP) is 2.15. The van der Waals surface area contributed by atoms with Gasteiger partial charge in [-0.05, 0) is 24.3 Å². The van der Waals surface area contributed by atoms with Crippen molar-refractivity contribution in [2.24, 2.45) is 0 Å². The molecule has 1 saturated heterocycles. The van der Waals surface area contributed by atoms with E-state index < -0.39 is 5.97 Å². The number of aromatic carboxylic acids is 1. The number of hydrogen-bond donors (Lipinski definition) is 1. The SMILES string of the molecule is CCc1ccc([C@@H]2COCCN2C(=O)c2ccnc(C(=O)O)c2)o1. The zero-order chi connectivity index (χ0) is 17.1. The normalized spacial score (nSPS) is 17.7. The smallest absolute Gasteiger partial charge is 0.354 e. The number of carbonyl (C=O) groups excluding carboxylic acids is 1. The van der Waals surface area contributed by atoms with Gasteiger partial charge in [0.2, 0.25) is 0 Å². The van der Waals surface area contributed by atoms with E-state index >= 15 is 0 Å². The highest BCUT2D eigenvalue weighted by molar-refractivity contribution is 5.96. The maximum Gasteiger partial charge on any atom is 0.354 e. The second kappa shape index (κ2) is 6.84. The van der Waals surface area contributed by atoms with E-state index in [1.165, 1.54) is 18.3 Å². The van der Waals surface area contributed by atoms with E-state index in [0.29, 0.717) is 25.5 Å². The molecule has 0 spiro atoms. The summed E-state index contributed by atoms with van der Waals surface area (Å²) in [6.45, 7) is 3.18. The first-order valence-corrected chi connectivity index (χ1v) is 7.76. The van der Waals surface area contributed by atoms with Gasteiger partial charge in [0.05, 0.1) is 13.2 Å². The van der Waals surface area contributed by atoms with Crippen molar-refractivity contribution in [3.05, 3.63) is 53.2 Å². The van der Waals surface area contributed by atoms with Gasteiger partial charge in [0.25, 0.3) is 5.91 Å². The van der Waals surface area contributed by atoms with Crippen molar-refractivity contribution in [3.8, 4) is 0 Å². The van der Waals surface area contributed by atoms with Gasteiger partial charge in [0, 0.05) is 24.7 Å². The summed E-state index contributed by atoms with van der Waals surface area (Å²) in [6.07, 6.45) is 2.10. The van der Waals surface area contributed by atoms with Gasteiger partial charge in [0.1, 0.15) is 23.3 Å². The first kappa shape index (κ1) is 16.2. The first-order valence-electron chi connectivity index (χ1n) is 7.76. The lowest BCUT2D eigenvalue weighted by Crippen LogP contribution is -2.43. The summed E-state index contributed by atoms with van der Waals surface area (Å²) >= 11 is 0. The van der Waals surface area contributed by atoms with E-state index in [1.807, 2.05) is 19.1 Å². The maximum atomic E-state index is 12.8. The number of carboxylic acids is 1. The molecule has 7 nitrogen and oxygen atoms in total. The quantitative estimate of drug-likeness (QED) is 0.923. The molecule has 0 aliphatic carbocycles. The van der Waals surface area contributed by atoms with Crippen molar-refractivity contribution in [2.75, 3.05) is 19.8 Å². The van der Waals surface area contributed by atoms with Gasteiger partial charge < -0.3 is 19.2 Å². The van der Waals surface area contributed by atoms with Crippen molar-refractivity contribution < 1.29 is 23.8 Å². The molecule has 3 rings (SSSR count). The number of aryl methyl sites for hydroxylation is 1. The number of morpholine rings is 1. The average Bonchev–Trinajstić information content (AvgIpc) is 3.10. The fourth-order valence-corrected chi connectivity index (χ4v) is 2.69. The Kier molecular flexibility index (Phi) is 4.61. The molecule has 0 bridgehead atoms. The van der Waals surface area contributed by atoms with Gasteiger partial charge in [0.15, 0.2) is 0 Å². The molecule has 1 aliphatic heterocycles. The topological polar surface area (TPSA) is 92.9 Å². The highest BCUT2D eigenvalue weighted by Gasteiger charge is 2.31. The number of aromatic nitrogens is 1. The predicted molar refractivity (Wildman–Crippen MR) is 83.9 cm³/mol. The number of ether oxygens (including phenoxy) is 1. The molecular weight excluding hydrogens is 312 g/mol. The fraction of sp³-hybridized carbons (Fsp3) is 0.353. The van der Waals surface area contributed by atoms with Crippen LogP contribution >= 0.6 is 0 Å². The van der Waals surface area contributed by atoms with Crippen molar-refractivity contribution in [1.82, 2.24) is 9.88 Å². The van der Waals surface area contributed by atoms with Crippen LogP contribution in [0.3, 0.4) is 0 Å². The van der Waals surface area contributed by atoms with Crippen LogP contribution in [0.4, 0.5) is 0 Å². The Labute approximate surface area is 138 Å². The molecule has 2 aromatic rings. The van der Waals surface area contributed by atoms with Crippen LogP contribution in [0.15, 0.2) is 34.9 Å². The van der Waals surface area contributed by atoms with E-state index in [2.05, 4.69) is 4.98 Å². The van der Waals surface area contributed by atoms with Gasteiger partial charge in [-0.1, -0.05) is 6.92 Å². The number of pyridine rings is 1. The van der Waals surface area contributed by atoms with Crippen LogP contribution in [-0.2, 0) is 11.2 Å². The Morgan fingerprint density at radius 1 is 1.38 bits per heavy atom. The Morgan fingerprint density at radius 3 is 2.92 bits per heavy atom. The fourth-order valence-electron chi connectivity index (χ4n) is 2.69. The largest absolute Gasteiger partial charge is 0.477 e. The van der Waals surface area contributed by atoms with E-state index in [9.17, 15) is 9.59 Å². The van der Waals surface area contributed by atoms with Gasteiger partial charge in [-0.3, -0.25) is 4.79 Å². The standard InChI is InChI=1S/C17H18N2O5/c1-2-12-3-4-15(24-12)14-10-23-8-7-19(14)16(20)11-5-6-18-13(9-11)17(21)22/h3-6,9,14H,2,7-8,10H2,1H3,(H,21,22)/t14-/m0/s1. The maximum absolute atomic E-state index is 12.8. The Bertz CT molecular complexity index is 755. The minimum atomic E-state index is -1.17. The minimum absolute atomic E-state index is 0.156. The highest BCUT2D eigenvalue weighted by atomic mass is 16.5. The van der Waals surface area contributed by atoms with Crippen LogP contribution in [0, 0.1) is 0 Å². The molecule has 0 radical (unpaired) electrons. The molecule has 24 heavy (non-hydrogen) atoms. The van der Waals surface area contributed by atoms with Crippen LogP contribution in [0.25, 0.3) is 0 Å². The third-order valence-electron chi connectivity index (χ3n) is 3.97. The molecule has 1 amide bonds. The summed E-state index contributed by atoms with van der Waals surface area (Å²) in [6, 6.07) is 6.22. The molecule has 1 aliphatic rings. The van der Waals surface area contributed by atoms with E-state index in [1.54, 1.807) is 4.90 Å². The molecule has 1 atom stereocenters. The van der Waals surface area contributed by atoms with Gasteiger partial charge in [-0.25, -0.2) is 9.78 Å². The van der Waals surface area contributed by atoms with Crippen LogP contribution in [-0.4, -0.2) is 46.6 Å². The zero-order valence-electron chi connectivity index (χ0n) is 13.3. The molecule has 0 unspecified atom stereocenters. The van der Waals surface area contributed by atoms with Crippen LogP contribution < -0.4 is 0 Å². The number of carbonyl (C=O) groups is 2. The second-order valence-corrected chi connectivity index (χ2v) is 5.48. The summed E-state index contributed by atoms with van der Waals surface area (Å²) in [5.74, 6) is 0.0944. The Morgan fingerprint density at radius 2 is 2.21 bits per heavy atom. The molecule has 0 saturated carbocycles. The lowest BCUT2D eigenvalue weighted by atomic mass is 10.1. The van der Waals surface area contributed by atoms with Crippen molar-refractivity contribution in [3.63, 3.8) is 0 Å². The Hall–Kier alpha value is -2.67. The summed E-state index contributed by atoms with van der Waals surface area (Å²) in [5.41, 5.74) is 0.133. The molecule has 0 aromatic carbocycles. The number of furan rings is 1. The summed E-state index contributed by atoms with van der Waals surface area (Å²) < 4.78 is 11.3. The number of amides is 1. The molecule has 7 heteroatoms. The van der Waals surface area contributed by atoms with Crippen molar-refractivity contribution in [1.29, 1.82) is 0 Å². The average molecular weight is 330 g/mol. The van der Waals surface area contributed by atoms with Crippen molar-refractivity contribution >= 4 is 11.9 Å². The number of carboxylic acid groups (broad SMARTS) is 1. The molecule has 2 aromatic heterocycles. The molecule has 1 fully saturated rings. The zero-order valence-corrected chi connectivity index (χ0v) is 13.3. The molecular formula is C17H18N2O5. The summed E-state index contributed by atoms with van der Waals surface area (Å²) in [7, 11) is 0. The molecule has 3 heterocycles.